The fraction of sp³-hybridized carbons (Fsp3) is 0.0833. The van der Waals surface area contributed by atoms with Crippen LogP contribution in [0.3, 0.4) is 0 Å². The number of carbonyl (C=O) groups excluding carboxylic acids is 1. The first kappa shape index (κ1) is 23.7. The van der Waals surface area contributed by atoms with Crippen molar-refractivity contribution in [1.29, 1.82) is 5.26 Å². The number of halogens is 3. The molecule has 162 valence electrons. The quantitative estimate of drug-likeness (QED) is 0.266. The van der Waals surface area contributed by atoms with E-state index in [9.17, 15) is 10.1 Å². The van der Waals surface area contributed by atoms with E-state index in [0.717, 1.165) is 5.56 Å². The molecule has 0 saturated heterocycles. The van der Waals surface area contributed by atoms with E-state index < -0.39 is 5.91 Å². The number of amides is 1. The molecule has 0 atom stereocenters. The second kappa shape index (κ2) is 11.1. The van der Waals surface area contributed by atoms with Gasteiger partial charge in [0.05, 0.1) is 7.11 Å². The molecule has 3 rings (SSSR count). The molecule has 32 heavy (non-hydrogen) atoms. The lowest BCUT2D eigenvalue weighted by Gasteiger charge is -2.14. The number of benzene rings is 3. The standard InChI is InChI=1S/C24H17BrCl2N2O3/c1-31-22-10-16(9-17(13-28)24(30)29-19-7-4-6-18(26)11-19)20(25)12-23(22)32-14-15-5-2-3-8-21(15)27/h2-12H,14H2,1H3,(H,29,30). The van der Waals surface area contributed by atoms with Crippen LogP contribution in [-0.2, 0) is 11.4 Å². The summed E-state index contributed by atoms with van der Waals surface area (Å²) in [6, 6.07) is 19.4. The first-order valence-electron chi connectivity index (χ1n) is 9.33. The number of methoxy groups -OCH3 is 1. The molecule has 0 heterocycles. The van der Waals surface area contributed by atoms with E-state index in [2.05, 4.69) is 21.2 Å². The molecule has 0 unspecified atom stereocenters. The van der Waals surface area contributed by atoms with Crippen molar-refractivity contribution in [3.63, 3.8) is 0 Å². The summed E-state index contributed by atoms with van der Waals surface area (Å²) in [5.74, 6) is 0.372. The van der Waals surface area contributed by atoms with Crippen LogP contribution in [0.1, 0.15) is 11.1 Å². The summed E-state index contributed by atoms with van der Waals surface area (Å²) in [4.78, 5) is 12.6. The number of hydrogen-bond donors (Lipinski definition) is 1. The molecule has 3 aromatic carbocycles. The van der Waals surface area contributed by atoms with Gasteiger partial charge in [-0.3, -0.25) is 4.79 Å². The van der Waals surface area contributed by atoms with Crippen LogP contribution >= 0.6 is 39.1 Å². The van der Waals surface area contributed by atoms with Crippen LogP contribution in [0.25, 0.3) is 6.08 Å². The summed E-state index contributed by atoms with van der Waals surface area (Å²) in [6.07, 6.45) is 1.46. The summed E-state index contributed by atoms with van der Waals surface area (Å²) in [7, 11) is 1.51. The van der Waals surface area contributed by atoms with Gasteiger partial charge in [0.15, 0.2) is 11.5 Å². The number of carbonyl (C=O) groups is 1. The minimum absolute atomic E-state index is 0.0857. The van der Waals surface area contributed by atoms with E-state index in [1.807, 2.05) is 24.3 Å². The molecule has 0 saturated carbocycles. The van der Waals surface area contributed by atoms with Gasteiger partial charge in [0, 0.05) is 25.8 Å². The van der Waals surface area contributed by atoms with Crippen LogP contribution in [0.15, 0.2) is 70.7 Å². The average Bonchev–Trinajstić information content (AvgIpc) is 2.77. The summed E-state index contributed by atoms with van der Waals surface area (Å²) in [5, 5.41) is 13.3. The van der Waals surface area contributed by atoms with E-state index in [4.69, 9.17) is 32.7 Å². The van der Waals surface area contributed by atoms with Gasteiger partial charge in [-0.15, -0.1) is 0 Å². The normalized spacial score (nSPS) is 10.9. The SMILES string of the molecule is COc1cc(C=C(C#N)C(=O)Nc2cccc(Cl)c2)c(Br)cc1OCc1ccccc1Cl. The van der Waals surface area contributed by atoms with Crippen LogP contribution < -0.4 is 14.8 Å². The molecule has 0 aliphatic carbocycles. The third-order valence-corrected chi connectivity index (χ3v) is 5.66. The molecule has 0 aromatic heterocycles. The van der Waals surface area contributed by atoms with Gasteiger partial charge in [0.2, 0.25) is 0 Å². The summed E-state index contributed by atoms with van der Waals surface area (Å²) < 4.78 is 11.9. The second-order valence-corrected chi connectivity index (χ2v) is 8.24. The number of hydrogen-bond acceptors (Lipinski definition) is 4. The number of nitrogens with zero attached hydrogens (tertiary/aromatic N) is 1. The lowest BCUT2D eigenvalue weighted by atomic mass is 10.1. The van der Waals surface area contributed by atoms with Gasteiger partial charge in [-0.2, -0.15) is 5.26 Å². The predicted octanol–water partition coefficient (Wildman–Crippen LogP) is 6.89. The Morgan fingerprint density at radius 2 is 1.91 bits per heavy atom. The van der Waals surface area contributed by atoms with Gasteiger partial charge in [0.25, 0.3) is 5.91 Å². The Kier molecular flexibility index (Phi) is 8.18. The van der Waals surface area contributed by atoms with E-state index in [0.29, 0.717) is 37.3 Å². The average molecular weight is 532 g/mol. The molecule has 8 heteroatoms. The highest BCUT2D eigenvalue weighted by Crippen LogP contribution is 2.35. The first-order valence-corrected chi connectivity index (χ1v) is 10.9. The Morgan fingerprint density at radius 1 is 1.12 bits per heavy atom. The largest absolute Gasteiger partial charge is 0.493 e. The maximum atomic E-state index is 12.6. The number of ether oxygens (including phenoxy) is 2. The molecule has 0 fully saturated rings. The summed E-state index contributed by atoms with van der Waals surface area (Å²) in [6.45, 7) is 0.253. The summed E-state index contributed by atoms with van der Waals surface area (Å²) in [5.41, 5.74) is 1.81. The zero-order valence-corrected chi connectivity index (χ0v) is 20.0. The van der Waals surface area contributed by atoms with Crippen LogP contribution in [0.5, 0.6) is 11.5 Å². The highest BCUT2D eigenvalue weighted by Gasteiger charge is 2.14. The van der Waals surface area contributed by atoms with Crippen molar-refractivity contribution in [3.05, 3.63) is 91.9 Å². The van der Waals surface area contributed by atoms with E-state index in [1.54, 1.807) is 42.5 Å². The van der Waals surface area contributed by atoms with Crippen molar-refractivity contribution < 1.29 is 14.3 Å². The molecule has 1 N–H and O–H groups in total. The van der Waals surface area contributed by atoms with Crippen molar-refractivity contribution in [1.82, 2.24) is 0 Å². The topological polar surface area (TPSA) is 71.3 Å². The van der Waals surface area contributed by atoms with Crippen molar-refractivity contribution in [2.75, 3.05) is 12.4 Å². The molecule has 0 aliphatic rings. The van der Waals surface area contributed by atoms with Crippen molar-refractivity contribution >= 4 is 56.8 Å². The number of nitrogens with one attached hydrogen (secondary N) is 1. The second-order valence-electron chi connectivity index (χ2n) is 6.54. The molecular formula is C24H17BrCl2N2O3. The molecule has 3 aromatic rings. The van der Waals surface area contributed by atoms with Crippen LogP contribution in [-0.4, -0.2) is 13.0 Å². The van der Waals surface area contributed by atoms with Gasteiger partial charge in [0.1, 0.15) is 18.2 Å². The van der Waals surface area contributed by atoms with E-state index in [-0.39, 0.29) is 12.2 Å². The Hall–Kier alpha value is -2.98. The lowest BCUT2D eigenvalue weighted by molar-refractivity contribution is -0.112. The Labute approximate surface area is 204 Å². The molecule has 0 spiro atoms. The van der Waals surface area contributed by atoms with Gasteiger partial charge in [-0.25, -0.2) is 0 Å². The summed E-state index contributed by atoms with van der Waals surface area (Å²) >= 11 is 15.6. The maximum Gasteiger partial charge on any atom is 0.266 e. The fourth-order valence-corrected chi connectivity index (χ4v) is 3.59. The molecule has 0 bridgehead atoms. The van der Waals surface area contributed by atoms with Crippen molar-refractivity contribution in [2.45, 2.75) is 6.61 Å². The minimum atomic E-state index is -0.556. The monoisotopic (exact) mass is 530 g/mol. The Balaban J connectivity index is 1.83. The van der Waals surface area contributed by atoms with Gasteiger partial charge < -0.3 is 14.8 Å². The van der Waals surface area contributed by atoms with E-state index >= 15 is 0 Å². The zero-order valence-electron chi connectivity index (χ0n) is 16.9. The van der Waals surface area contributed by atoms with Crippen LogP contribution in [0.4, 0.5) is 5.69 Å². The number of rotatable bonds is 7. The molecule has 0 aliphatic heterocycles. The number of nitriles is 1. The smallest absolute Gasteiger partial charge is 0.266 e. The minimum Gasteiger partial charge on any atom is -0.493 e. The fourth-order valence-electron chi connectivity index (χ4n) is 2.77. The molecule has 1 amide bonds. The number of anilines is 1. The highest BCUT2D eigenvalue weighted by atomic mass is 79.9. The highest BCUT2D eigenvalue weighted by molar-refractivity contribution is 9.10. The predicted molar refractivity (Wildman–Crippen MR) is 130 cm³/mol. The van der Waals surface area contributed by atoms with Crippen molar-refractivity contribution in [3.8, 4) is 17.6 Å². The molecule has 0 radical (unpaired) electrons. The Morgan fingerprint density at radius 3 is 2.59 bits per heavy atom. The lowest BCUT2D eigenvalue weighted by Crippen LogP contribution is -2.13. The van der Waals surface area contributed by atoms with Crippen molar-refractivity contribution in [2.24, 2.45) is 0 Å². The third kappa shape index (κ3) is 6.04. The maximum absolute atomic E-state index is 12.6. The van der Waals surface area contributed by atoms with Gasteiger partial charge in [-0.1, -0.05) is 63.4 Å². The van der Waals surface area contributed by atoms with Gasteiger partial charge in [-0.05, 0) is 48.0 Å². The zero-order chi connectivity index (χ0) is 23.1. The molecular weight excluding hydrogens is 515 g/mol. The first-order chi connectivity index (χ1) is 15.4. The Bertz CT molecular complexity index is 1220. The van der Waals surface area contributed by atoms with Crippen LogP contribution in [0, 0.1) is 11.3 Å². The molecule has 5 nitrogen and oxygen atoms in total. The van der Waals surface area contributed by atoms with Crippen LogP contribution in [0.2, 0.25) is 10.0 Å². The third-order valence-electron chi connectivity index (χ3n) is 4.37. The van der Waals surface area contributed by atoms with Gasteiger partial charge >= 0.3 is 0 Å². The van der Waals surface area contributed by atoms with E-state index in [1.165, 1.54) is 13.2 Å².